The summed E-state index contributed by atoms with van der Waals surface area (Å²) in [5.41, 5.74) is 6.37. The number of nitrogens with two attached hydrogens (primary N) is 1. The number of hydrogen-bond acceptors (Lipinski definition) is 5. The van der Waals surface area contributed by atoms with Gasteiger partial charge < -0.3 is 15.8 Å². The average molecular weight is 318 g/mol. The molecule has 21 heavy (non-hydrogen) atoms. The Balaban J connectivity index is 1.50. The first kappa shape index (κ1) is 13.9. The van der Waals surface area contributed by atoms with E-state index in [4.69, 9.17) is 10.5 Å². The molecule has 108 valence electrons. The van der Waals surface area contributed by atoms with Gasteiger partial charge in [0.25, 0.3) is 5.91 Å². The number of benzene rings is 1. The maximum absolute atomic E-state index is 12.0. The lowest BCUT2D eigenvalue weighted by Crippen LogP contribution is -2.27. The second-order valence-corrected chi connectivity index (χ2v) is 6.43. The summed E-state index contributed by atoms with van der Waals surface area (Å²) in [6, 6.07) is 11.3. The van der Waals surface area contributed by atoms with E-state index in [0.29, 0.717) is 24.6 Å². The van der Waals surface area contributed by atoms with Crippen molar-refractivity contribution in [3.8, 4) is 5.75 Å². The summed E-state index contributed by atoms with van der Waals surface area (Å²) in [6.07, 6.45) is 0. The number of rotatable bonds is 5. The van der Waals surface area contributed by atoms with E-state index in [0.717, 1.165) is 14.3 Å². The van der Waals surface area contributed by atoms with Gasteiger partial charge in [0, 0.05) is 9.40 Å². The van der Waals surface area contributed by atoms with Crippen LogP contribution in [0.1, 0.15) is 9.67 Å². The zero-order valence-corrected chi connectivity index (χ0v) is 12.8. The lowest BCUT2D eigenvalue weighted by atomic mass is 10.3. The van der Waals surface area contributed by atoms with Crippen LogP contribution in [0.2, 0.25) is 0 Å². The Labute approximate surface area is 130 Å². The third kappa shape index (κ3) is 3.17. The van der Waals surface area contributed by atoms with Crippen molar-refractivity contribution < 1.29 is 9.53 Å². The molecule has 3 rings (SSSR count). The molecule has 6 heteroatoms. The fraction of sp³-hybridized carbons (Fsp3) is 0.133. The highest BCUT2D eigenvalue weighted by Gasteiger charge is 2.10. The van der Waals surface area contributed by atoms with Gasteiger partial charge in [0.1, 0.15) is 12.4 Å². The molecule has 2 heterocycles. The van der Waals surface area contributed by atoms with Gasteiger partial charge in [-0.1, -0.05) is 12.1 Å². The van der Waals surface area contributed by atoms with E-state index in [1.165, 1.54) is 11.3 Å². The Morgan fingerprint density at radius 1 is 1.24 bits per heavy atom. The first-order valence-electron chi connectivity index (χ1n) is 6.46. The number of ether oxygens (including phenoxy) is 1. The van der Waals surface area contributed by atoms with E-state index in [1.807, 2.05) is 35.7 Å². The Morgan fingerprint density at radius 3 is 2.90 bits per heavy atom. The van der Waals surface area contributed by atoms with Gasteiger partial charge in [0.15, 0.2) is 0 Å². The monoisotopic (exact) mass is 318 g/mol. The summed E-state index contributed by atoms with van der Waals surface area (Å²) >= 11 is 3.15. The zero-order valence-electron chi connectivity index (χ0n) is 11.2. The second kappa shape index (κ2) is 6.15. The molecular formula is C15H14N2O2S2. The first-order valence-corrected chi connectivity index (χ1v) is 8.16. The number of thiophene rings is 2. The lowest BCUT2D eigenvalue weighted by Gasteiger charge is -2.08. The van der Waals surface area contributed by atoms with Crippen LogP contribution in [0.3, 0.4) is 0 Å². The van der Waals surface area contributed by atoms with Crippen molar-refractivity contribution >= 4 is 43.7 Å². The minimum absolute atomic E-state index is 0.0620. The third-order valence-corrected chi connectivity index (χ3v) is 5.02. The summed E-state index contributed by atoms with van der Waals surface area (Å²) < 4.78 is 7.84. The van der Waals surface area contributed by atoms with E-state index in [9.17, 15) is 4.79 Å². The smallest absolute Gasteiger partial charge is 0.261 e. The summed E-state index contributed by atoms with van der Waals surface area (Å²) in [5.74, 6) is 0.580. The second-order valence-electron chi connectivity index (χ2n) is 4.40. The van der Waals surface area contributed by atoms with Crippen LogP contribution in [0, 0.1) is 0 Å². The Bertz CT molecular complexity index is 735. The predicted octanol–water partition coefficient (Wildman–Crippen LogP) is 3.35. The van der Waals surface area contributed by atoms with E-state index in [1.54, 1.807) is 17.4 Å². The highest BCUT2D eigenvalue weighted by molar-refractivity contribution is 7.27. The molecule has 0 unspecified atom stereocenters. The summed E-state index contributed by atoms with van der Waals surface area (Å²) in [5, 5.41) is 4.88. The van der Waals surface area contributed by atoms with Crippen molar-refractivity contribution in [3.05, 3.63) is 46.7 Å². The van der Waals surface area contributed by atoms with E-state index in [-0.39, 0.29) is 5.91 Å². The van der Waals surface area contributed by atoms with Crippen LogP contribution >= 0.6 is 22.7 Å². The van der Waals surface area contributed by atoms with Crippen molar-refractivity contribution in [1.82, 2.24) is 5.32 Å². The summed E-state index contributed by atoms with van der Waals surface area (Å²) in [4.78, 5) is 12.7. The molecular weight excluding hydrogens is 304 g/mol. The Hall–Kier alpha value is -2.05. The zero-order chi connectivity index (χ0) is 14.7. The highest BCUT2D eigenvalue weighted by atomic mass is 32.1. The normalized spacial score (nSPS) is 10.7. The molecule has 0 aliphatic carbocycles. The van der Waals surface area contributed by atoms with Crippen molar-refractivity contribution in [2.45, 2.75) is 0 Å². The molecule has 0 saturated carbocycles. The average Bonchev–Trinajstić information content (AvgIpc) is 3.06. The molecule has 2 aromatic heterocycles. The number of anilines is 1. The maximum Gasteiger partial charge on any atom is 0.261 e. The van der Waals surface area contributed by atoms with E-state index in [2.05, 4.69) is 5.32 Å². The number of nitrogens with one attached hydrogen (secondary N) is 1. The van der Waals surface area contributed by atoms with Crippen molar-refractivity contribution in [1.29, 1.82) is 0 Å². The van der Waals surface area contributed by atoms with Crippen LogP contribution < -0.4 is 15.8 Å². The molecule has 0 radical (unpaired) electrons. The van der Waals surface area contributed by atoms with Crippen LogP contribution in [0.5, 0.6) is 5.75 Å². The van der Waals surface area contributed by atoms with Crippen molar-refractivity contribution in [2.24, 2.45) is 0 Å². The molecule has 0 spiro atoms. The van der Waals surface area contributed by atoms with Gasteiger partial charge in [-0.2, -0.15) is 0 Å². The topological polar surface area (TPSA) is 64.3 Å². The molecule has 0 fully saturated rings. The van der Waals surface area contributed by atoms with Gasteiger partial charge in [-0.25, -0.2) is 0 Å². The van der Waals surface area contributed by atoms with Gasteiger partial charge >= 0.3 is 0 Å². The lowest BCUT2D eigenvalue weighted by molar-refractivity contribution is 0.0951. The van der Waals surface area contributed by atoms with Crippen LogP contribution in [0.25, 0.3) is 9.40 Å². The predicted molar refractivity (Wildman–Crippen MR) is 88.4 cm³/mol. The standard InChI is InChI=1S/C15H14N2O2S2/c16-10-3-1-2-4-11(10)19-7-6-17-15(18)14-9-13-12(21-14)5-8-20-13/h1-5,8-9H,6-7,16H2,(H,17,18). The summed E-state index contributed by atoms with van der Waals surface area (Å²) in [6.45, 7) is 0.832. The fourth-order valence-electron chi connectivity index (χ4n) is 1.90. The van der Waals surface area contributed by atoms with Gasteiger partial charge in [-0.3, -0.25) is 4.79 Å². The van der Waals surface area contributed by atoms with Gasteiger partial charge in [0.05, 0.1) is 17.1 Å². The molecule has 3 aromatic rings. The molecule has 0 bridgehead atoms. The molecule has 3 N–H and O–H groups in total. The van der Waals surface area contributed by atoms with Crippen LogP contribution in [-0.4, -0.2) is 19.1 Å². The van der Waals surface area contributed by atoms with Crippen molar-refractivity contribution in [3.63, 3.8) is 0 Å². The van der Waals surface area contributed by atoms with Gasteiger partial charge in [-0.05, 0) is 29.6 Å². The molecule has 0 aliphatic heterocycles. The third-order valence-electron chi connectivity index (χ3n) is 2.93. The Kier molecular flexibility index (Phi) is 4.08. The van der Waals surface area contributed by atoms with E-state index < -0.39 is 0 Å². The number of carbonyl (C=O) groups is 1. The number of amides is 1. The Morgan fingerprint density at radius 2 is 2.10 bits per heavy atom. The maximum atomic E-state index is 12.0. The highest BCUT2D eigenvalue weighted by Crippen LogP contribution is 2.29. The SMILES string of the molecule is Nc1ccccc1OCCNC(=O)c1cc2sccc2s1. The molecule has 1 aromatic carbocycles. The van der Waals surface area contributed by atoms with Gasteiger partial charge in [-0.15, -0.1) is 22.7 Å². The van der Waals surface area contributed by atoms with E-state index >= 15 is 0 Å². The number of para-hydroxylation sites is 2. The van der Waals surface area contributed by atoms with Crippen molar-refractivity contribution in [2.75, 3.05) is 18.9 Å². The molecule has 0 saturated heterocycles. The quantitative estimate of drug-likeness (QED) is 0.560. The van der Waals surface area contributed by atoms with Crippen LogP contribution in [0.4, 0.5) is 5.69 Å². The molecule has 1 amide bonds. The molecule has 0 aliphatic rings. The number of hydrogen-bond donors (Lipinski definition) is 2. The van der Waals surface area contributed by atoms with Gasteiger partial charge in [0.2, 0.25) is 0 Å². The molecule has 4 nitrogen and oxygen atoms in total. The van der Waals surface area contributed by atoms with Crippen LogP contribution in [-0.2, 0) is 0 Å². The number of fused-ring (bicyclic) bond motifs is 1. The number of carbonyl (C=O) groups excluding carboxylic acids is 1. The first-order chi connectivity index (χ1) is 10.2. The fourth-order valence-corrected chi connectivity index (χ4v) is 3.93. The minimum atomic E-state index is -0.0620. The van der Waals surface area contributed by atoms with Crippen LogP contribution in [0.15, 0.2) is 41.8 Å². The number of nitrogen functional groups attached to an aromatic ring is 1. The minimum Gasteiger partial charge on any atom is -0.490 e. The molecule has 0 atom stereocenters. The largest absolute Gasteiger partial charge is 0.490 e. The summed E-state index contributed by atoms with van der Waals surface area (Å²) in [7, 11) is 0.